The van der Waals surface area contributed by atoms with Crippen molar-refractivity contribution in [1.29, 1.82) is 0 Å². The van der Waals surface area contributed by atoms with E-state index in [1.54, 1.807) is 7.11 Å². The van der Waals surface area contributed by atoms with E-state index in [1.165, 1.54) is 16.8 Å². The van der Waals surface area contributed by atoms with Crippen LogP contribution >= 0.6 is 0 Å². The zero-order chi connectivity index (χ0) is 31.8. The smallest absolute Gasteiger partial charge is 0.252 e. The predicted octanol–water partition coefficient (Wildman–Crippen LogP) is 5.83. The van der Waals surface area contributed by atoms with E-state index in [0.717, 1.165) is 55.8 Å². The quantitative estimate of drug-likeness (QED) is 0.272. The molecule has 1 fully saturated rings. The van der Waals surface area contributed by atoms with E-state index in [4.69, 9.17) is 4.74 Å². The van der Waals surface area contributed by atoms with Gasteiger partial charge in [-0.3, -0.25) is 14.6 Å². The van der Waals surface area contributed by atoms with Gasteiger partial charge < -0.3 is 25.2 Å². The van der Waals surface area contributed by atoms with Crippen molar-refractivity contribution in [1.82, 2.24) is 20.5 Å². The molecule has 0 saturated carbocycles. The largest absolute Gasteiger partial charge is 0.497 e. The van der Waals surface area contributed by atoms with E-state index >= 15 is 0 Å². The Morgan fingerprint density at radius 2 is 1.64 bits per heavy atom. The molecule has 44 heavy (non-hydrogen) atoms. The zero-order valence-electron chi connectivity index (χ0n) is 27.4. The number of carbonyl (C=O) groups is 2. The van der Waals surface area contributed by atoms with Crippen LogP contribution in [0.4, 0.5) is 5.69 Å². The van der Waals surface area contributed by atoms with E-state index in [9.17, 15) is 9.59 Å². The number of aromatic nitrogens is 1. The van der Waals surface area contributed by atoms with Gasteiger partial charge in [0.1, 0.15) is 5.75 Å². The highest BCUT2D eigenvalue weighted by Crippen LogP contribution is 2.29. The number of benzene rings is 2. The number of aryl methyl sites for hydroxylation is 3. The molecule has 1 saturated heterocycles. The van der Waals surface area contributed by atoms with Crippen LogP contribution in [0.3, 0.4) is 0 Å². The molecule has 0 spiro atoms. The molecular weight excluding hydrogens is 550 g/mol. The predicted molar refractivity (Wildman–Crippen MR) is 178 cm³/mol. The first-order chi connectivity index (χ1) is 21.1. The number of amides is 2. The molecular formula is C36H49N5O3. The van der Waals surface area contributed by atoms with Crippen LogP contribution in [0.2, 0.25) is 0 Å². The minimum absolute atomic E-state index is 0.0561. The Bertz CT molecular complexity index is 1390. The number of rotatable bonds is 12. The Labute approximate surface area is 263 Å². The molecule has 8 nitrogen and oxygen atoms in total. The number of nitrogens with one attached hydrogen (secondary N) is 2. The van der Waals surface area contributed by atoms with Gasteiger partial charge in [0.25, 0.3) is 11.8 Å². The number of nitrogens with zero attached hydrogens (tertiary/aromatic N) is 3. The molecule has 2 aromatic carbocycles. The van der Waals surface area contributed by atoms with E-state index in [0.29, 0.717) is 29.8 Å². The second kappa shape index (κ2) is 15.2. The Morgan fingerprint density at radius 1 is 0.977 bits per heavy atom. The summed E-state index contributed by atoms with van der Waals surface area (Å²) in [4.78, 5) is 35.0. The molecule has 1 aliphatic heterocycles. The van der Waals surface area contributed by atoms with Gasteiger partial charge in [-0.15, -0.1) is 0 Å². The van der Waals surface area contributed by atoms with Gasteiger partial charge in [0.2, 0.25) is 0 Å². The molecule has 1 aromatic heterocycles. The molecule has 1 atom stereocenters. The lowest BCUT2D eigenvalue weighted by molar-refractivity contribution is 0.0930. The lowest BCUT2D eigenvalue weighted by Crippen LogP contribution is -2.48. The van der Waals surface area contributed by atoms with Crippen molar-refractivity contribution in [2.75, 3.05) is 31.6 Å². The van der Waals surface area contributed by atoms with E-state index in [2.05, 4.69) is 57.5 Å². The molecule has 2 N–H and O–H groups in total. The molecule has 2 heterocycles. The van der Waals surface area contributed by atoms with Crippen molar-refractivity contribution < 1.29 is 14.3 Å². The van der Waals surface area contributed by atoms with Gasteiger partial charge in [-0.25, -0.2) is 0 Å². The minimum atomic E-state index is -0.0984. The van der Waals surface area contributed by atoms with Gasteiger partial charge in [-0.2, -0.15) is 0 Å². The molecule has 0 radical (unpaired) electrons. The number of hydrogen-bond donors (Lipinski definition) is 2. The van der Waals surface area contributed by atoms with Gasteiger partial charge >= 0.3 is 0 Å². The lowest BCUT2D eigenvalue weighted by Gasteiger charge is -2.42. The molecule has 1 aliphatic rings. The van der Waals surface area contributed by atoms with Gasteiger partial charge in [-0.05, 0) is 126 Å². The zero-order valence-corrected chi connectivity index (χ0v) is 27.4. The summed E-state index contributed by atoms with van der Waals surface area (Å²) < 4.78 is 5.40. The Balaban J connectivity index is 1.32. The van der Waals surface area contributed by atoms with Crippen LogP contribution < -0.4 is 20.3 Å². The average Bonchev–Trinajstić information content (AvgIpc) is 3.00. The second-order valence-corrected chi connectivity index (χ2v) is 12.4. The number of methoxy groups -OCH3 is 1. The van der Waals surface area contributed by atoms with E-state index < -0.39 is 0 Å². The third-order valence-electron chi connectivity index (χ3n) is 8.74. The van der Waals surface area contributed by atoms with Crippen LogP contribution in [0, 0.1) is 20.8 Å². The van der Waals surface area contributed by atoms with Crippen LogP contribution in [0.1, 0.15) is 83.0 Å². The van der Waals surface area contributed by atoms with Crippen LogP contribution in [0.15, 0.2) is 54.9 Å². The van der Waals surface area contributed by atoms with Gasteiger partial charge in [0.15, 0.2) is 0 Å². The highest BCUT2D eigenvalue weighted by Gasteiger charge is 2.28. The number of likely N-dealkylation sites (tertiary alicyclic amines) is 1. The van der Waals surface area contributed by atoms with Crippen molar-refractivity contribution in [3.8, 4) is 5.75 Å². The Kier molecular flexibility index (Phi) is 11.4. The SMILES string of the molecule is COc1ccc(N(Cc2cnccc2C)C2CCN([C@H](C)CCNC(=O)c3cc(C)c(C(=O)NC(C)C)c(C)c3)CC2)cc1. The maximum Gasteiger partial charge on any atom is 0.252 e. The second-order valence-electron chi connectivity index (χ2n) is 12.4. The number of piperidine rings is 1. The van der Waals surface area contributed by atoms with Crippen molar-refractivity contribution in [2.24, 2.45) is 0 Å². The molecule has 0 aliphatic carbocycles. The first kappa shape index (κ1) is 33.0. The van der Waals surface area contributed by atoms with E-state index in [-0.39, 0.29) is 17.9 Å². The van der Waals surface area contributed by atoms with Gasteiger partial charge in [0, 0.05) is 73.5 Å². The first-order valence-electron chi connectivity index (χ1n) is 15.8. The number of carbonyl (C=O) groups excluding carboxylic acids is 2. The summed E-state index contributed by atoms with van der Waals surface area (Å²) >= 11 is 0. The summed E-state index contributed by atoms with van der Waals surface area (Å²) in [5.74, 6) is 0.663. The lowest BCUT2D eigenvalue weighted by atomic mass is 9.98. The molecule has 0 unspecified atom stereocenters. The molecule has 0 bridgehead atoms. The van der Waals surface area contributed by atoms with Crippen molar-refractivity contribution in [3.05, 3.63) is 88.2 Å². The number of ether oxygens (including phenoxy) is 1. The standard InChI is InChI=1S/C36H49N5O3/c1-24(2)39-36(43)34-26(4)20-29(21-27(34)5)35(42)38-17-13-28(6)40-18-14-32(15-19-40)41(23-30-22-37-16-12-25(30)3)31-8-10-33(44-7)11-9-31/h8-12,16,20-22,24,28,32H,13-15,17-19,23H2,1-7H3,(H,38,42)(H,39,43)/t28-/m1/s1. The van der Waals surface area contributed by atoms with Crippen LogP contribution in [0.25, 0.3) is 0 Å². The first-order valence-corrected chi connectivity index (χ1v) is 15.8. The fourth-order valence-electron chi connectivity index (χ4n) is 6.16. The Morgan fingerprint density at radius 3 is 2.23 bits per heavy atom. The summed E-state index contributed by atoms with van der Waals surface area (Å²) in [6.07, 6.45) is 6.85. The minimum Gasteiger partial charge on any atom is -0.497 e. The third kappa shape index (κ3) is 8.38. The molecule has 2 amide bonds. The fourth-order valence-corrected chi connectivity index (χ4v) is 6.16. The monoisotopic (exact) mass is 599 g/mol. The van der Waals surface area contributed by atoms with Crippen LogP contribution in [-0.4, -0.2) is 66.6 Å². The third-order valence-corrected chi connectivity index (χ3v) is 8.74. The van der Waals surface area contributed by atoms with Gasteiger partial charge in [0.05, 0.1) is 7.11 Å². The van der Waals surface area contributed by atoms with Crippen molar-refractivity contribution >= 4 is 17.5 Å². The highest BCUT2D eigenvalue weighted by atomic mass is 16.5. The molecule has 3 aromatic rings. The van der Waals surface area contributed by atoms with Crippen LogP contribution in [-0.2, 0) is 6.54 Å². The summed E-state index contributed by atoms with van der Waals surface area (Å²) in [6, 6.07) is 14.9. The maximum atomic E-state index is 13.0. The Hall–Kier alpha value is -3.91. The van der Waals surface area contributed by atoms with E-state index in [1.807, 2.05) is 64.4 Å². The van der Waals surface area contributed by atoms with Crippen molar-refractivity contribution in [3.63, 3.8) is 0 Å². The summed E-state index contributed by atoms with van der Waals surface area (Å²) in [7, 11) is 1.70. The highest BCUT2D eigenvalue weighted by molar-refractivity contribution is 6.00. The number of anilines is 1. The fraction of sp³-hybridized carbons (Fsp3) is 0.472. The molecule has 8 heteroatoms. The summed E-state index contributed by atoms with van der Waals surface area (Å²) in [6.45, 7) is 15.5. The van der Waals surface area contributed by atoms with Crippen LogP contribution in [0.5, 0.6) is 5.75 Å². The van der Waals surface area contributed by atoms with Crippen molar-refractivity contribution in [2.45, 2.75) is 85.5 Å². The summed E-state index contributed by atoms with van der Waals surface area (Å²) in [5, 5.41) is 6.05. The summed E-state index contributed by atoms with van der Waals surface area (Å²) in [5.41, 5.74) is 6.56. The average molecular weight is 600 g/mol. The maximum absolute atomic E-state index is 13.0. The number of pyridine rings is 1. The topological polar surface area (TPSA) is 86.8 Å². The number of hydrogen-bond acceptors (Lipinski definition) is 6. The normalized spacial score (nSPS) is 14.7. The molecule has 236 valence electrons. The van der Waals surface area contributed by atoms with Gasteiger partial charge in [-0.1, -0.05) is 0 Å². The molecule has 4 rings (SSSR count).